The molecule has 104 valence electrons. The van der Waals surface area contributed by atoms with Gasteiger partial charge in [0.2, 0.25) is 0 Å². The molecule has 5 nitrogen and oxygen atoms in total. The molecule has 2 N–H and O–H groups in total. The molecular weight excluding hydrogens is 246 g/mol. The third-order valence-electron chi connectivity index (χ3n) is 2.58. The fourth-order valence-corrected chi connectivity index (χ4v) is 1.63. The maximum atomic E-state index is 11.7. The quantitative estimate of drug-likeness (QED) is 0.584. The number of carboxylic acids is 1. The highest BCUT2D eigenvalue weighted by atomic mass is 16.6. The van der Waals surface area contributed by atoms with Crippen LogP contribution in [0.5, 0.6) is 0 Å². The fourth-order valence-electron chi connectivity index (χ4n) is 1.63. The number of hydrogen-bond donors (Lipinski definition) is 2. The van der Waals surface area contributed by atoms with Gasteiger partial charge in [0.25, 0.3) is 5.91 Å². The molecule has 0 unspecified atom stereocenters. The lowest BCUT2D eigenvalue weighted by Gasteiger charge is -2.14. The topological polar surface area (TPSA) is 75.6 Å². The van der Waals surface area contributed by atoms with Crippen LogP contribution in [0.2, 0.25) is 0 Å². The van der Waals surface area contributed by atoms with E-state index < -0.39 is 17.8 Å². The Morgan fingerprint density at radius 1 is 1.26 bits per heavy atom. The molecular formula is C14H19NO4. The monoisotopic (exact) mass is 265 g/mol. The number of nitrogens with one attached hydrogen (secondary N) is 1. The number of benzene rings is 1. The Bertz CT molecular complexity index is 417. The minimum atomic E-state index is -1.13. The van der Waals surface area contributed by atoms with Crippen molar-refractivity contribution in [3.63, 3.8) is 0 Å². The fraction of sp³-hybridized carbons (Fsp3) is 0.429. The summed E-state index contributed by atoms with van der Waals surface area (Å²) < 4.78 is 0. The maximum Gasteiger partial charge on any atom is 0.316 e. The third-order valence-corrected chi connectivity index (χ3v) is 2.58. The van der Waals surface area contributed by atoms with Gasteiger partial charge in [0.05, 0.1) is 6.61 Å². The molecule has 0 aliphatic heterocycles. The number of aliphatic carboxylic acids is 1. The first-order valence-electron chi connectivity index (χ1n) is 6.19. The average Bonchev–Trinajstić information content (AvgIpc) is 2.36. The first-order chi connectivity index (χ1) is 9.00. The Morgan fingerprint density at radius 3 is 2.42 bits per heavy atom. The lowest BCUT2D eigenvalue weighted by atomic mass is 9.97. The van der Waals surface area contributed by atoms with Crippen molar-refractivity contribution in [1.29, 1.82) is 0 Å². The number of rotatable bonds is 7. The number of carbonyl (C=O) groups excluding carboxylic acids is 1. The molecule has 0 saturated carbocycles. The normalized spacial score (nSPS) is 12.2. The molecule has 0 fully saturated rings. The molecule has 0 saturated heterocycles. The molecule has 0 spiro atoms. The minimum Gasteiger partial charge on any atom is -0.481 e. The van der Waals surface area contributed by atoms with Crippen molar-refractivity contribution in [1.82, 2.24) is 5.48 Å². The van der Waals surface area contributed by atoms with Crippen molar-refractivity contribution >= 4 is 11.9 Å². The second-order valence-electron chi connectivity index (χ2n) is 4.76. The van der Waals surface area contributed by atoms with Crippen LogP contribution in [0.25, 0.3) is 0 Å². The van der Waals surface area contributed by atoms with E-state index in [1.54, 1.807) is 0 Å². The van der Waals surface area contributed by atoms with Gasteiger partial charge in [-0.15, -0.1) is 0 Å². The van der Waals surface area contributed by atoms with Crippen molar-refractivity contribution < 1.29 is 19.5 Å². The number of hydrogen-bond acceptors (Lipinski definition) is 3. The molecule has 0 aliphatic carbocycles. The molecule has 5 heteroatoms. The van der Waals surface area contributed by atoms with Crippen molar-refractivity contribution in [2.24, 2.45) is 11.8 Å². The Kier molecular flexibility index (Phi) is 6.02. The average molecular weight is 265 g/mol. The summed E-state index contributed by atoms with van der Waals surface area (Å²) in [5.74, 6) is -2.69. The van der Waals surface area contributed by atoms with E-state index in [0.29, 0.717) is 0 Å². The molecule has 19 heavy (non-hydrogen) atoms. The number of carbonyl (C=O) groups is 2. The van der Waals surface area contributed by atoms with Gasteiger partial charge in [0.1, 0.15) is 5.92 Å². The summed E-state index contributed by atoms with van der Waals surface area (Å²) in [5, 5.41) is 8.99. The van der Waals surface area contributed by atoms with Crippen LogP contribution in [0.1, 0.15) is 25.8 Å². The molecule has 1 rings (SSSR count). The summed E-state index contributed by atoms with van der Waals surface area (Å²) >= 11 is 0. The van der Waals surface area contributed by atoms with Gasteiger partial charge < -0.3 is 5.11 Å². The van der Waals surface area contributed by atoms with Crippen molar-refractivity contribution in [2.75, 3.05) is 0 Å². The van der Waals surface area contributed by atoms with E-state index in [-0.39, 0.29) is 18.9 Å². The largest absolute Gasteiger partial charge is 0.481 e. The van der Waals surface area contributed by atoms with Crippen LogP contribution in [-0.2, 0) is 21.0 Å². The van der Waals surface area contributed by atoms with Gasteiger partial charge in [-0.25, -0.2) is 5.48 Å². The van der Waals surface area contributed by atoms with E-state index in [9.17, 15) is 9.59 Å². The van der Waals surface area contributed by atoms with Crippen molar-refractivity contribution in [2.45, 2.75) is 26.9 Å². The van der Waals surface area contributed by atoms with E-state index >= 15 is 0 Å². The predicted molar refractivity (Wildman–Crippen MR) is 70.0 cm³/mol. The number of hydroxylamine groups is 1. The van der Waals surface area contributed by atoms with Gasteiger partial charge in [-0.1, -0.05) is 44.2 Å². The molecule has 0 aliphatic rings. The zero-order chi connectivity index (χ0) is 14.3. The van der Waals surface area contributed by atoms with Crippen LogP contribution in [0.15, 0.2) is 30.3 Å². The highest BCUT2D eigenvalue weighted by molar-refractivity contribution is 5.96. The van der Waals surface area contributed by atoms with Crippen LogP contribution < -0.4 is 5.48 Å². The standard InChI is InChI=1S/C14H19NO4/c1-10(2)8-12(14(17)18)13(16)15-19-9-11-6-4-3-5-7-11/h3-7,10,12H,8-9H2,1-2H3,(H,15,16)(H,17,18)/t12-/m0/s1. The Hall–Kier alpha value is -1.88. The summed E-state index contributed by atoms with van der Waals surface area (Å²) in [7, 11) is 0. The first-order valence-corrected chi connectivity index (χ1v) is 6.19. The Labute approximate surface area is 112 Å². The first kappa shape index (κ1) is 15.2. The van der Waals surface area contributed by atoms with Crippen LogP contribution in [0.4, 0.5) is 0 Å². The predicted octanol–water partition coefficient (Wildman–Crippen LogP) is 1.98. The highest BCUT2D eigenvalue weighted by Gasteiger charge is 2.27. The van der Waals surface area contributed by atoms with E-state index in [1.165, 1.54) is 0 Å². The van der Waals surface area contributed by atoms with E-state index in [4.69, 9.17) is 9.94 Å². The number of carboxylic acid groups (broad SMARTS) is 1. The summed E-state index contributed by atoms with van der Waals surface area (Å²) in [6.45, 7) is 3.95. The minimum absolute atomic E-state index is 0.126. The molecule has 0 aromatic heterocycles. The lowest BCUT2D eigenvalue weighted by molar-refractivity contribution is -0.153. The molecule has 0 bridgehead atoms. The van der Waals surface area contributed by atoms with Crippen LogP contribution in [-0.4, -0.2) is 17.0 Å². The molecule has 0 heterocycles. The van der Waals surface area contributed by atoms with Gasteiger partial charge >= 0.3 is 5.97 Å². The number of amides is 1. The zero-order valence-electron chi connectivity index (χ0n) is 11.1. The second kappa shape index (κ2) is 7.53. The van der Waals surface area contributed by atoms with Crippen molar-refractivity contribution in [3.8, 4) is 0 Å². The van der Waals surface area contributed by atoms with Gasteiger partial charge in [-0.05, 0) is 17.9 Å². The SMILES string of the molecule is CC(C)C[C@H](C(=O)O)C(=O)NOCc1ccccc1. The summed E-state index contributed by atoms with van der Waals surface area (Å²) in [6, 6.07) is 9.31. The molecule has 0 radical (unpaired) electrons. The smallest absolute Gasteiger partial charge is 0.316 e. The third kappa shape index (κ3) is 5.52. The summed E-state index contributed by atoms with van der Waals surface area (Å²) in [5.41, 5.74) is 3.10. The van der Waals surface area contributed by atoms with Crippen LogP contribution in [0, 0.1) is 11.8 Å². The highest BCUT2D eigenvalue weighted by Crippen LogP contribution is 2.12. The molecule has 1 amide bonds. The van der Waals surface area contributed by atoms with E-state index in [1.807, 2.05) is 44.2 Å². The van der Waals surface area contributed by atoms with E-state index in [2.05, 4.69) is 5.48 Å². The van der Waals surface area contributed by atoms with Gasteiger partial charge in [-0.2, -0.15) is 0 Å². The molecule has 1 atom stereocenters. The molecule has 1 aromatic rings. The maximum absolute atomic E-state index is 11.7. The Morgan fingerprint density at radius 2 is 1.89 bits per heavy atom. The van der Waals surface area contributed by atoms with Crippen LogP contribution in [0.3, 0.4) is 0 Å². The van der Waals surface area contributed by atoms with Gasteiger partial charge in [-0.3, -0.25) is 14.4 Å². The van der Waals surface area contributed by atoms with Crippen LogP contribution >= 0.6 is 0 Å². The second-order valence-corrected chi connectivity index (χ2v) is 4.76. The van der Waals surface area contributed by atoms with Gasteiger partial charge in [0, 0.05) is 0 Å². The summed E-state index contributed by atoms with van der Waals surface area (Å²) in [6.07, 6.45) is 0.288. The lowest BCUT2D eigenvalue weighted by Crippen LogP contribution is -2.36. The summed E-state index contributed by atoms with van der Waals surface area (Å²) in [4.78, 5) is 27.7. The van der Waals surface area contributed by atoms with Gasteiger partial charge in [0.15, 0.2) is 0 Å². The molecule has 1 aromatic carbocycles. The zero-order valence-corrected chi connectivity index (χ0v) is 11.1. The van der Waals surface area contributed by atoms with E-state index in [0.717, 1.165) is 5.56 Å². The Balaban J connectivity index is 2.42. The van der Waals surface area contributed by atoms with Crippen molar-refractivity contribution in [3.05, 3.63) is 35.9 Å².